The van der Waals surface area contributed by atoms with Gasteiger partial charge in [-0.05, 0) is 43.5 Å². The summed E-state index contributed by atoms with van der Waals surface area (Å²) >= 11 is 0. The maximum Gasteiger partial charge on any atom is 0.176 e. The van der Waals surface area contributed by atoms with E-state index in [1.807, 2.05) is 24.3 Å². The number of hydrogen-bond donors (Lipinski definition) is 1. The molecule has 20 heavy (non-hydrogen) atoms. The molecule has 1 fully saturated rings. The summed E-state index contributed by atoms with van der Waals surface area (Å²) in [6, 6.07) is 7.74. The van der Waals surface area contributed by atoms with Crippen LogP contribution < -0.4 is 10.5 Å². The number of carbonyl (C=O) groups excluding carboxylic acids is 1. The summed E-state index contributed by atoms with van der Waals surface area (Å²) in [6.07, 6.45) is 2.95. The van der Waals surface area contributed by atoms with Crippen LogP contribution in [0.2, 0.25) is 0 Å². The Morgan fingerprint density at radius 3 is 2.55 bits per heavy atom. The summed E-state index contributed by atoms with van der Waals surface area (Å²) in [6.45, 7) is 5.11. The first-order chi connectivity index (χ1) is 9.69. The minimum atomic E-state index is 0.169. The fourth-order valence-corrected chi connectivity index (χ4v) is 2.36. The predicted octanol–water partition coefficient (Wildman–Crippen LogP) is 2.08. The van der Waals surface area contributed by atoms with Gasteiger partial charge in [0.25, 0.3) is 0 Å². The Kier molecular flexibility index (Phi) is 5.56. The van der Waals surface area contributed by atoms with Crippen LogP contribution in [-0.2, 0) is 0 Å². The molecule has 0 saturated carbocycles. The van der Waals surface area contributed by atoms with Gasteiger partial charge in [-0.3, -0.25) is 9.69 Å². The van der Waals surface area contributed by atoms with E-state index in [1.54, 1.807) is 0 Å². The van der Waals surface area contributed by atoms with E-state index < -0.39 is 0 Å². The van der Waals surface area contributed by atoms with E-state index in [1.165, 1.54) is 0 Å². The average molecular weight is 276 g/mol. The van der Waals surface area contributed by atoms with E-state index in [-0.39, 0.29) is 5.78 Å². The van der Waals surface area contributed by atoms with Crippen molar-refractivity contribution < 1.29 is 9.53 Å². The van der Waals surface area contributed by atoms with E-state index in [4.69, 9.17) is 10.5 Å². The third-order valence-corrected chi connectivity index (χ3v) is 3.65. The minimum Gasteiger partial charge on any atom is -0.494 e. The van der Waals surface area contributed by atoms with Crippen molar-refractivity contribution in [3.63, 3.8) is 0 Å². The van der Waals surface area contributed by atoms with Crippen molar-refractivity contribution in [2.75, 3.05) is 26.2 Å². The van der Waals surface area contributed by atoms with Crippen molar-refractivity contribution in [3.05, 3.63) is 29.8 Å². The van der Waals surface area contributed by atoms with Gasteiger partial charge in [0, 0.05) is 24.7 Å². The van der Waals surface area contributed by atoms with Gasteiger partial charge >= 0.3 is 0 Å². The van der Waals surface area contributed by atoms with Crippen LogP contribution >= 0.6 is 0 Å². The summed E-state index contributed by atoms with van der Waals surface area (Å²) in [7, 11) is 0. The van der Waals surface area contributed by atoms with Crippen LogP contribution in [0.1, 0.15) is 36.5 Å². The summed E-state index contributed by atoms with van der Waals surface area (Å²) < 4.78 is 5.52. The van der Waals surface area contributed by atoms with Gasteiger partial charge in [-0.1, -0.05) is 6.92 Å². The van der Waals surface area contributed by atoms with E-state index in [0.29, 0.717) is 19.2 Å². The molecule has 1 aromatic rings. The number of piperidine rings is 1. The quantitative estimate of drug-likeness (QED) is 0.808. The van der Waals surface area contributed by atoms with Gasteiger partial charge in [-0.25, -0.2) is 0 Å². The van der Waals surface area contributed by atoms with Crippen molar-refractivity contribution in [1.29, 1.82) is 0 Å². The minimum absolute atomic E-state index is 0.169. The van der Waals surface area contributed by atoms with Gasteiger partial charge in [0.2, 0.25) is 0 Å². The van der Waals surface area contributed by atoms with Crippen molar-refractivity contribution >= 4 is 5.78 Å². The van der Waals surface area contributed by atoms with Gasteiger partial charge in [0.05, 0.1) is 13.2 Å². The van der Waals surface area contributed by atoms with Crippen LogP contribution in [0.5, 0.6) is 5.75 Å². The van der Waals surface area contributed by atoms with Crippen molar-refractivity contribution in [2.45, 2.75) is 32.2 Å². The molecule has 0 unspecified atom stereocenters. The fraction of sp³-hybridized carbons (Fsp3) is 0.562. The molecule has 4 nitrogen and oxygen atoms in total. The lowest BCUT2D eigenvalue weighted by Gasteiger charge is -2.29. The number of hydrogen-bond acceptors (Lipinski definition) is 4. The fourth-order valence-electron chi connectivity index (χ4n) is 2.36. The first-order valence-electron chi connectivity index (χ1n) is 7.43. The Hall–Kier alpha value is -1.39. The van der Waals surface area contributed by atoms with Gasteiger partial charge in [-0.15, -0.1) is 0 Å². The number of nitrogens with two attached hydrogens (primary N) is 1. The van der Waals surface area contributed by atoms with Gasteiger partial charge < -0.3 is 10.5 Å². The molecule has 1 heterocycles. The standard InChI is InChI=1S/C16H24N2O2/c1-2-11-20-15-5-3-13(4-6-15)16(19)12-18-9-7-14(17)8-10-18/h3-6,14H,2,7-12,17H2,1H3. The van der Waals surface area contributed by atoms with E-state index in [0.717, 1.165) is 43.7 Å². The largest absolute Gasteiger partial charge is 0.494 e. The van der Waals surface area contributed by atoms with Crippen molar-refractivity contribution in [1.82, 2.24) is 4.90 Å². The Labute approximate surface area is 120 Å². The Bertz CT molecular complexity index is 423. The lowest BCUT2D eigenvalue weighted by atomic mass is 10.0. The molecule has 110 valence electrons. The number of likely N-dealkylation sites (tertiary alicyclic amines) is 1. The zero-order valence-corrected chi connectivity index (χ0v) is 12.2. The van der Waals surface area contributed by atoms with Crippen LogP contribution in [0.3, 0.4) is 0 Å². The Balaban J connectivity index is 1.85. The highest BCUT2D eigenvalue weighted by molar-refractivity contribution is 5.97. The molecule has 1 saturated heterocycles. The monoisotopic (exact) mass is 276 g/mol. The van der Waals surface area contributed by atoms with E-state index in [9.17, 15) is 4.79 Å². The van der Waals surface area contributed by atoms with Crippen LogP contribution in [0.25, 0.3) is 0 Å². The lowest BCUT2D eigenvalue weighted by Crippen LogP contribution is -2.41. The van der Waals surface area contributed by atoms with Crippen LogP contribution in [0.15, 0.2) is 24.3 Å². The number of ether oxygens (including phenoxy) is 1. The predicted molar refractivity (Wildman–Crippen MR) is 80.2 cm³/mol. The molecular formula is C16H24N2O2. The summed E-state index contributed by atoms with van der Waals surface area (Å²) in [5.41, 5.74) is 6.62. The topological polar surface area (TPSA) is 55.6 Å². The summed E-state index contributed by atoms with van der Waals surface area (Å²) in [4.78, 5) is 14.4. The van der Waals surface area contributed by atoms with Crippen LogP contribution in [-0.4, -0.2) is 43.0 Å². The van der Waals surface area contributed by atoms with Gasteiger partial charge in [-0.2, -0.15) is 0 Å². The number of ketones is 1. The zero-order valence-electron chi connectivity index (χ0n) is 12.2. The molecule has 1 aromatic carbocycles. The van der Waals surface area contributed by atoms with Crippen molar-refractivity contribution in [3.8, 4) is 5.75 Å². The van der Waals surface area contributed by atoms with Crippen molar-refractivity contribution in [2.24, 2.45) is 5.73 Å². The summed E-state index contributed by atoms with van der Waals surface area (Å²) in [5.74, 6) is 0.995. The van der Waals surface area contributed by atoms with E-state index in [2.05, 4.69) is 11.8 Å². The molecule has 0 amide bonds. The lowest BCUT2D eigenvalue weighted by molar-refractivity contribution is 0.0910. The molecule has 0 aliphatic carbocycles. The molecule has 0 radical (unpaired) electrons. The van der Waals surface area contributed by atoms with Crippen LogP contribution in [0, 0.1) is 0 Å². The number of rotatable bonds is 6. The second-order valence-electron chi connectivity index (χ2n) is 5.41. The molecule has 0 atom stereocenters. The molecule has 0 aromatic heterocycles. The third-order valence-electron chi connectivity index (χ3n) is 3.65. The normalized spacial score (nSPS) is 17.1. The molecule has 1 aliphatic heterocycles. The molecule has 1 aliphatic rings. The smallest absolute Gasteiger partial charge is 0.176 e. The molecule has 0 bridgehead atoms. The van der Waals surface area contributed by atoms with Crippen LogP contribution in [0.4, 0.5) is 0 Å². The molecule has 2 N–H and O–H groups in total. The number of Topliss-reactive ketones (excluding diaryl/α,β-unsaturated/α-hetero) is 1. The number of benzene rings is 1. The highest BCUT2D eigenvalue weighted by atomic mass is 16.5. The molecule has 4 heteroatoms. The maximum absolute atomic E-state index is 12.2. The summed E-state index contributed by atoms with van der Waals surface area (Å²) in [5, 5.41) is 0. The van der Waals surface area contributed by atoms with E-state index >= 15 is 0 Å². The SMILES string of the molecule is CCCOc1ccc(C(=O)CN2CCC(N)CC2)cc1. The maximum atomic E-state index is 12.2. The zero-order chi connectivity index (χ0) is 14.4. The second kappa shape index (κ2) is 7.41. The molecule has 0 spiro atoms. The first kappa shape index (κ1) is 15.0. The first-order valence-corrected chi connectivity index (χ1v) is 7.43. The highest BCUT2D eigenvalue weighted by Gasteiger charge is 2.18. The third kappa shape index (κ3) is 4.32. The van der Waals surface area contributed by atoms with Gasteiger partial charge in [0.1, 0.15) is 5.75 Å². The molecule has 2 rings (SSSR count). The number of carbonyl (C=O) groups is 1. The Morgan fingerprint density at radius 1 is 1.30 bits per heavy atom. The highest BCUT2D eigenvalue weighted by Crippen LogP contribution is 2.14. The number of nitrogens with zero attached hydrogens (tertiary/aromatic N) is 1. The van der Waals surface area contributed by atoms with Gasteiger partial charge in [0.15, 0.2) is 5.78 Å². The average Bonchev–Trinajstić information content (AvgIpc) is 2.48. The second-order valence-corrected chi connectivity index (χ2v) is 5.41. The Morgan fingerprint density at radius 2 is 1.95 bits per heavy atom. The molecular weight excluding hydrogens is 252 g/mol.